The van der Waals surface area contributed by atoms with Crippen LogP contribution in [0.15, 0.2) is 48.5 Å². The minimum Gasteiger partial charge on any atom is -0.375 e. The first-order valence-corrected chi connectivity index (χ1v) is 11.7. The number of ether oxygens (including phenoxy) is 2. The average Bonchev–Trinajstić information content (AvgIpc) is 3.46. The maximum atomic E-state index is 13.3. The molecule has 0 fully saturated rings. The molecule has 35 heavy (non-hydrogen) atoms. The monoisotopic (exact) mass is 470 g/mol. The molecular formula is C27H26N4O4. The highest BCUT2D eigenvalue weighted by molar-refractivity contribution is 6.31. The van der Waals surface area contributed by atoms with Crippen LogP contribution in [0.25, 0.3) is 43.6 Å². The number of benzene rings is 3. The Kier molecular flexibility index (Phi) is 4.08. The van der Waals surface area contributed by atoms with Gasteiger partial charge in [-0.2, -0.15) is 0 Å². The number of carbonyl (C=O) groups excluding carboxylic acids is 1. The van der Waals surface area contributed by atoms with Gasteiger partial charge in [-0.25, -0.2) is 0 Å². The number of aliphatic hydroxyl groups is 1. The lowest BCUT2D eigenvalue weighted by Crippen LogP contribution is -2.56. The lowest BCUT2D eigenvalue weighted by Gasteiger charge is -2.42. The highest BCUT2D eigenvalue weighted by Gasteiger charge is 2.46. The lowest BCUT2D eigenvalue weighted by molar-refractivity contribution is -0.163. The molecule has 2 aliphatic rings. The number of rotatable bonds is 2. The largest absolute Gasteiger partial charge is 0.375 e. The van der Waals surface area contributed by atoms with Gasteiger partial charge in [0.25, 0.3) is 5.91 Å². The molecule has 0 spiro atoms. The van der Waals surface area contributed by atoms with Gasteiger partial charge in [-0.05, 0) is 19.1 Å². The van der Waals surface area contributed by atoms with Gasteiger partial charge in [0.15, 0.2) is 12.0 Å². The molecule has 178 valence electrons. The molecule has 7 rings (SSSR count). The van der Waals surface area contributed by atoms with Crippen LogP contribution in [-0.2, 0) is 21.7 Å². The number of para-hydroxylation sites is 2. The molecule has 2 aliphatic heterocycles. The van der Waals surface area contributed by atoms with Crippen LogP contribution in [0.1, 0.15) is 29.1 Å². The normalized spacial score (nSPS) is 26.1. The Labute approximate surface area is 200 Å². The lowest BCUT2D eigenvalue weighted by atomic mass is 9.95. The molecule has 8 nitrogen and oxygen atoms in total. The molecule has 3 aromatic carbocycles. The quantitative estimate of drug-likeness (QED) is 0.367. The number of methoxy groups -OCH3 is 2. The molecular weight excluding hydrogens is 444 g/mol. The van der Waals surface area contributed by atoms with Gasteiger partial charge in [0.2, 0.25) is 0 Å². The van der Waals surface area contributed by atoms with Gasteiger partial charge in [-0.3, -0.25) is 4.79 Å². The molecule has 4 atom stereocenters. The molecule has 8 heteroatoms. The molecule has 0 radical (unpaired) electrons. The molecule has 2 aromatic heterocycles. The van der Waals surface area contributed by atoms with Crippen molar-refractivity contribution in [2.75, 3.05) is 14.2 Å². The number of hydrogen-bond donors (Lipinski definition) is 3. The second-order valence-corrected chi connectivity index (χ2v) is 9.67. The van der Waals surface area contributed by atoms with E-state index < -0.39 is 24.1 Å². The summed E-state index contributed by atoms with van der Waals surface area (Å²) in [5, 5.41) is 17.4. The van der Waals surface area contributed by atoms with Gasteiger partial charge in [-0.15, -0.1) is 0 Å². The van der Waals surface area contributed by atoms with Gasteiger partial charge in [0, 0.05) is 53.4 Å². The van der Waals surface area contributed by atoms with Gasteiger partial charge < -0.3 is 34.8 Å². The highest BCUT2D eigenvalue weighted by atomic mass is 16.6. The number of amides is 1. The zero-order valence-corrected chi connectivity index (χ0v) is 19.7. The van der Waals surface area contributed by atoms with Crippen LogP contribution in [0.2, 0.25) is 0 Å². The first-order chi connectivity index (χ1) is 16.9. The number of aromatic nitrogens is 2. The van der Waals surface area contributed by atoms with Crippen LogP contribution in [0, 0.1) is 0 Å². The average molecular weight is 471 g/mol. The van der Waals surface area contributed by atoms with Gasteiger partial charge >= 0.3 is 0 Å². The molecule has 4 heterocycles. The molecule has 4 N–H and O–H groups in total. The zero-order chi connectivity index (χ0) is 24.2. The van der Waals surface area contributed by atoms with Gasteiger partial charge in [-0.1, -0.05) is 36.4 Å². The van der Waals surface area contributed by atoms with Crippen LogP contribution >= 0.6 is 0 Å². The molecule has 0 saturated heterocycles. The maximum absolute atomic E-state index is 13.3. The third-order valence-corrected chi connectivity index (χ3v) is 8.05. The Bertz CT molecular complexity index is 1720. The number of fused-ring (bicyclic) bond motifs is 9. The van der Waals surface area contributed by atoms with Crippen molar-refractivity contribution in [2.45, 2.75) is 37.6 Å². The summed E-state index contributed by atoms with van der Waals surface area (Å²) in [5.41, 5.74) is 10.7. The Balaban J connectivity index is 1.89. The summed E-state index contributed by atoms with van der Waals surface area (Å²) in [6.07, 6.45) is -1.59. The first kappa shape index (κ1) is 20.9. The van der Waals surface area contributed by atoms with E-state index >= 15 is 0 Å². The predicted octanol–water partition coefficient (Wildman–Crippen LogP) is 3.31. The van der Waals surface area contributed by atoms with E-state index in [4.69, 9.17) is 15.2 Å². The number of hydrogen-bond acceptors (Lipinski definition) is 5. The number of nitrogens with two attached hydrogens (primary N) is 1. The Hall–Kier alpha value is -3.43. The summed E-state index contributed by atoms with van der Waals surface area (Å²) in [6, 6.07) is 15.6. The van der Waals surface area contributed by atoms with Crippen molar-refractivity contribution in [1.29, 1.82) is 0 Å². The van der Waals surface area contributed by atoms with Gasteiger partial charge in [0.1, 0.15) is 6.10 Å². The predicted molar refractivity (Wildman–Crippen MR) is 134 cm³/mol. The molecule has 5 aromatic rings. The van der Waals surface area contributed by atoms with E-state index in [0.29, 0.717) is 17.7 Å². The number of nitrogens with one attached hydrogen (secondary N) is 1. The van der Waals surface area contributed by atoms with Crippen molar-refractivity contribution >= 4 is 49.5 Å². The van der Waals surface area contributed by atoms with Crippen molar-refractivity contribution in [3.63, 3.8) is 0 Å². The summed E-state index contributed by atoms with van der Waals surface area (Å²) in [4.78, 5) is 13.3. The molecule has 0 saturated carbocycles. The van der Waals surface area contributed by atoms with Crippen molar-refractivity contribution in [3.8, 4) is 0 Å². The Morgan fingerprint density at radius 3 is 2.37 bits per heavy atom. The van der Waals surface area contributed by atoms with Crippen molar-refractivity contribution in [1.82, 2.24) is 14.5 Å². The Morgan fingerprint density at radius 1 is 1.03 bits per heavy atom. The maximum Gasteiger partial charge on any atom is 0.254 e. The van der Waals surface area contributed by atoms with Gasteiger partial charge in [0.05, 0.1) is 28.2 Å². The van der Waals surface area contributed by atoms with E-state index in [1.54, 1.807) is 14.2 Å². The summed E-state index contributed by atoms with van der Waals surface area (Å²) in [7, 11) is 3.33. The van der Waals surface area contributed by atoms with Crippen LogP contribution < -0.4 is 11.1 Å². The fourth-order valence-corrected chi connectivity index (χ4v) is 6.66. The van der Waals surface area contributed by atoms with E-state index in [-0.39, 0.29) is 5.91 Å². The summed E-state index contributed by atoms with van der Waals surface area (Å²) in [5.74, 6) is -0.273. The summed E-state index contributed by atoms with van der Waals surface area (Å²) >= 11 is 0. The van der Waals surface area contributed by atoms with Crippen LogP contribution in [-0.4, -0.2) is 46.5 Å². The molecule has 1 amide bonds. The highest BCUT2D eigenvalue weighted by Crippen LogP contribution is 2.49. The fourth-order valence-electron chi connectivity index (χ4n) is 6.66. The van der Waals surface area contributed by atoms with E-state index in [0.717, 1.165) is 43.6 Å². The second kappa shape index (κ2) is 6.83. The van der Waals surface area contributed by atoms with E-state index in [1.165, 1.54) is 0 Å². The van der Waals surface area contributed by atoms with Crippen molar-refractivity contribution < 1.29 is 19.4 Å². The SMILES string of the molecule is COC1C(N)Cn2c3ccccc3c3c4c(c5c6ccccc6n(c5c32)C1(C)OC)C(O)NC4=O. The molecule has 0 aliphatic carbocycles. The first-order valence-electron chi connectivity index (χ1n) is 11.7. The van der Waals surface area contributed by atoms with Crippen molar-refractivity contribution in [3.05, 3.63) is 59.7 Å². The van der Waals surface area contributed by atoms with Crippen LogP contribution in [0.4, 0.5) is 0 Å². The van der Waals surface area contributed by atoms with Crippen LogP contribution in [0.3, 0.4) is 0 Å². The third kappa shape index (κ3) is 2.33. The van der Waals surface area contributed by atoms with E-state index in [9.17, 15) is 9.90 Å². The third-order valence-electron chi connectivity index (χ3n) is 8.05. The minimum atomic E-state index is -1.11. The number of aliphatic hydroxyl groups excluding tert-OH is 1. The summed E-state index contributed by atoms with van der Waals surface area (Å²) < 4.78 is 16.6. The van der Waals surface area contributed by atoms with Crippen molar-refractivity contribution in [2.24, 2.45) is 5.73 Å². The molecule has 0 bridgehead atoms. The number of nitrogens with zero attached hydrogens (tertiary/aromatic N) is 2. The Morgan fingerprint density at radius 2 is 1.69 bits per heavy atom. The topological polar surface area (TPSA) is 104 Å². The smallest absolute Gasteiger partial charge is 0.254 e. The second-order valence-electron chi connectivity index (χ2n) is 9.67. The minimum absolute atomic E-state index is 0.273. The molecule has 4 unspecified atom stereocenters. The zero-order valence-electron chi connectivity index (χ0n) is 19.7. The van der Waals surface area contributed by atoms with E-state index in [2.05, 4.69) is 20.5 Å². The standard InChI is InChI=1S/C27H26N4O4/c1-27(35-3)24(34-2)15(28)12-30-16-10-6-4-8-13(16)18-20-21(26(33)29-25(20)32)19-14-9-5-7-11-17(14)31(27)23(19)22(18)30/h4-11,15,24,26,33H,12,28H2,1-3H3,(H,29,32). The van der Waals surface area contributed by atoms with E-state index in [1.807, 2.05) is 49.4 Å². The van der Waals surface area contributed by atoms with Crippen LogP contribution in [0.5, 0.6) is 0 Å². The fraction of sp³-hybridized carbons (Fsp3) is 0.296. The summed E-state index contributed by atoms with van der Waals surface area (Å²) in [6.45, 7) is 2.46. The number of carbonyl (C=O) groups is 1.